The van der Waals surface area contributed by atoms with E-state index in [1.165, 1.54) is 0 Å². The molecule has 0 amide bonds. The molecule has 2 nitrogen and oxygen atoms in total. The summed E-state index contributed by atoms with van der Waals surface area (Å²) >= 11 is 0. The fourth-order valence-corrected chi connectivity index (χ4v) is 0.418. The third-order valence-electron chi connectivity index (χ3n) is 1.00. The number of aliphatic imine (C=N–C) groups is 1. The Morgan fingerprint density at radius 1 is 1.75 bits per heavy atom. The molecule has 0 heterocycles. The molecule has 0 rings (SSSR count). The van der Waals surface area contributed by atoms with Crippen molar-refractivity contribution in [3.8, 4) is 0 Å². The Morgan fingerprint density at radius 3 is 2.75 bits per heavy atom. The fraction of sp³-hybridized carbons (Fsp3) is 0.833. The van der Waals surface area contributed by atoms with Crippen molar-refractivity contribution >= 4 is 6.72 Å². The summed E-state index contributed by atoms with van der Waals surface area (Å²) in [4.78, 5) is 3.81. The maximum atomic E-state index is 3.81. The largest absolute Gasteiger partial charge is 0.315 e. The van der Waals surface area contributed by atoms with E-state index in [4.69, 9.17) is 0 Å². The van der Waals surface area contributed by atoms with Gasteiger partial charge in [-0.05, 0) is 20.2 Å². The van der Waals surface area contributed by atoms with Gasteiger partial charge in [0.05, 0.1) is 6.04 Å². The van der Waals surface area contributed by atoms with Gasteiger partial charge < -0.3 is 5.32 Å². The van der Waals surface area contributed by atoms with Crippen LogP contribution in [0.5, 0.6) is 0 Å². The van der Waals surface area contributed by atoms with Crippen LogP contribution in [-0.4, -0.2) is 25.8 Å². The Morgan fingerprint density at radius 2 is 2.38 bits per heavy atom. The molecule has 0 aliphatic rings. The van der Waals surface area contributed by atoms with Crippen LogP contribution in [0.1, 0.15) is 13.8 Å². The van der Waals surface area contributed by atoms with Crippen molar-refractivity contribution in [1.29, 1.82) is 0 Å². The normalized spacial score (nSPS) is 13.2. The summed E-state index contributed by atoms with van der Waals surface area (Å²) in [6.07, 6.45) is 0. The van der Waals surface area contributed by atoms with E-state index in [2.05, 4.69) is 24.0 Å². The van der Waals surface area contributed by atoms with Crippen molar-refractivity contribution in [3.05, 3.63) is 0 Å². The van der Waals surface area contributed by atoms with Crippen molar-refractivity contribution in [2.24, 2.45) is 4.99 Å². The third kappa shape index (κ3) is 3.81. The van der Waals surface area contributed by atoms with Gasteiger partial charge in [-0.25, -0.2) is 0 Å². The van der Waals surface area contributed by atoms with Gasteiger partial charge in [-0.2, -0.15) is 0 Å². The smallest absolute Gasteiger partial charge is 0.0588 e. The standard InChI is InChI=1S/C6H14N2/c1-4-8-5-6(2)7-3/h6,8H,3-5H2,1-2H3. The molecule has 2 heteroatoms. The highest BCUT2D eigenvalue weighted by molar-refractivity contribution is 5.23. The second-order valence-corrected chi connectivity index (χ2v) is 1.84. The first-order valence-electron chi connectivity index (χ1n) is 2.97. The Labute approximate surface area is 51.0 Å². The Hall–Kier alpha value is -0.370. The number of hydrogen-bond donors (Lipinski definition) is 1. The average Bonchev–Trinajstić information content (AvgIpc) is 1.83. The van der Waals surface area contributed by atoms with Gasteiger partial charge in [0, 0.05) is 6.54 Å². The van der Waals surface area contributed by atoms with Gasteiger partial charge in [-0.1, -0.05) is 6.92 Å². The molecule has 0 spiro atoms. The SMILES string of the molecule is C=NC(C)CNCC. The fourth-order valence-electron chi connectivity index (χ4n) is 0.418. The maximum absolute atomic E-state index is 3.81. The van der Waals surface area contributed by atoms with E-state index >= 15 is 0 Å². The van der Waals surface area contributed by atoms with Gasteiger partial charge in [0.25, 0.3) is 0 Å². The first kappa shape index (κ1) is 7.63. The van der Waals surface area contributed by atoms with Gasteiger partial charge in [0.1, 0.15) is 0 Å². The van der Waals surface area contributed by atoms with E-state index in [-0.39, 0.29) is 0 Å². The molecule has 0 bridgehead atoms. The molecule has 48 valence electrons. The number of rotatable bonds is 4. The molecular weight excluding hydrogens is 100 g/mol. The quantitative estimate of drug-likeness (QED) is 0.534. The lowest BCUT2D eigenvalue weighted by molar-refractivity contribution is 0.631. The first-order chi connectivity index (χ1) is 3.81. The van der Waals surface area contributed by atoms with Gasteiger partial charge in [0.15, 0.2) is 0 Å². The number of nitrogens with zero attached hydrogens (tertiary/aromatic N) is 1. The van der Waals surface area contributed by atoms with E-state index in [9.17, 15) is 0 Å². The van der Waals surface area contributed by atoms with Gasteiger partial charge in [-0.15, -0.1) is 0 Å². The van der Waals surface area contributed by atoms with Crippen molar-refractivity contribution in [2.75, 3.05) is 13.1 Å². The van der Waals surface area contributed by atoms with Crippen LogP contribution in [0.15, 0.2) is 4.99 Å². The molecule has 1 atom stereocenters. The molecule has 0 aromatic carbocycles. The molecule has 0 saturated heterocycles. The van der Waals surface area contributed by atoms with Crippen LogP contribution >= 0.6 is 0 Å². The molecule has 0 saturated carbocycles. The summed E-state index contributed by atoms with van der Waals surface area (Å²) in [5, 5.41) is 3.17. The summed E-state index contributed by atoms with van der Waals surface area (Å²) in [5.74, 6) is 0. The van der Waals surface area contributed by atoms with Crippen LogP contribution in [0.2, 0.25) is 0 Å². The second kappa shape index (κ2) is 4.78. The van der Waals surface area contributed by atoms with Crippen LogP contribution in [0, 0.1) is 0 Å². The zero-order chi connectivity index (χ0) is 6.41. The van der Waals surface area contributed by atoms with Crippen molar-refractivity contribution in [2.45, 2.75) is 19.9 Å². The van der Waals surface area contributed by atoms with Crippen LogP contribution in [0.3, 0.4) is 0 Å². The maximum Gasteiger partial charge on any atom is 0.0588 e. The topological polar surface area (TPSA) is 24.4 Å². The summed E-state index contributed by atoms with van der Waals surface area (Å²) < 4.78 is 0. The summed E-state index contributed by atoms with van der Waals surface area (Å²) in [6, 6.07) is 0.356. The van der Waals surface area contributed by atoms with E-state index < -0.39 is 0 Å². The van der Waals surface area contributed by atoms with Crippen LogP contribution in [0.25, 0.3) is 0 Å². The van der Waals surface area contributed by atoms with E-state index in [1.54, 1.807) is 0 Å². The van der Waals surface area contributed by atoms with Crippen molar-refractivity contribution in [1.82, 2.24) is 5.32 Å². The zero-order valence-corrected chi connectivity index (χ0v) is 5.65. The lowest BCUT2D eigenvalue weighted by atomic mass is 10.3. The third-order valence-corrected chi connectivity index (χ3v) is 1.00. The predicted molar refractivity (Wildman–Crippen MR) is 37.6 cm³/mol. The molecule has 1 unspecified atom stereocenters. The minimum atomic E-state index is 0.356. The van der Waals surface area contributed by atoms with E-state index in [0.29, 0.717) is 6.04 Å². The summed E-state index contributed by atoms with van der Waals surface area (Å²) in [7, 11) is 0. The molecule has 0 aliphatic carbocycles. The Kier molecular flexibility index (Phi) is 4.56. The lowest BCUT2D eigenvalue weighted by Crippen LogP contribution is -2.22. The molecule has 8 heavy (non-hydrogen) atoms. The molecule has 0 radical (unpaired) electrons. The highest BCUT2D eigenvalue weighted by atomic mass is 14.9. The Balaban J connectivity index is 2.98. The molecule has 0 fully saturated rings. The van der Waals surface area contributed by atoms with Crippen molar-refractivity contribution < 1.29 is 0 Å². The summed E-state index contributed by atoms with van der Waals surface area (Å²) in [5.41, 5.74) is 0. The lowest BCUT2D eigenvalue weighted by Gasteiger charge is -2.03. The molecular formula is C6H14N2. The highest BCUT2D eigenvalue weighted by Gasteiger charge is 1.91. The zero-order valence-electron chi connectivity index (χ0n) is 5.65. The number of likely N-dealkylation sites (N-methyl/N-ethyl adjacent to an activating group) is 1. The van der Waals surface area contributed by atoms with E-state index in [1.807, 2.05) is 6.92 Å². The number of hydrogen-bond acceptors (Lipinski definition) is 2. The van der Waals surface area contributed by atoms with Crippen LogP contribution < -0.4 is 5.32 Å². The van der Waals surface area contributed by atoms with Crippen molar-refractivity contribution in [3.63, 3.8) is 0 Å². The Bertz CT molecular complexity index is 61.5. The molecule has 0 aromatic rings. The first-order valence-corrected chi connectivity index (χ1v) is 2.97. The monoisotopic (exact) mass is 114 g/mol. The van der Waals surface area contributed by atoms with Gasteiger partial charge >= 0.3 is 0 Å². The number of nitrogens with one attached hydrogen (secondary N) is 1. The van der Waals surface area contributed by atoms with E-state index in [0.717, 1.165) is 13.1 Å². The second-order valence-electron chi connectivity index (χ2n) is 1.84. The van der Waals surface area contributed by atoms with Gasteiger partial charge in [0.2, 0.25) is 0 Å². The highest BCUT2D eigenvalue weighted by Crippen LogP contribution is 1.81. The minimum Gasteiger partial charge on any atom is -0.315 e. The van der Waals surface area contributed by atoms with Gasteiger partial charge in [-0.3, -0.25) is 4.99 Å². The predicted octanol–water partition coefficient (Wildman–Crippen LogP) is 0.685. The van der Waals surface area contributed by atoms with Crippen LogP contribution in [0.4, 0.5) is 0 Å². The molecule has 0 aliphatic heterocycles. The summed E-state index contributed by atoms with van der Waals surface area (Å²) in [6.45, 7) is 9.50. The molecule has 0 aromatic heterocycles. The average molecular weight is 114 g/mol. The molecule has 1 N–H and O–H groups in total. The van der Waals surface area contributed by atoms with Crippen LogP contribution in [-0.2, 0) is 0 Å². The minimum absolute atomic E-state index is 0.356.